The predicted octanol–water partition coefficient (Wildman–Crippen LogP) is 1.35. The normalized spacial score (nSPS) is 12.9. The molecule has 0 radical (unpaired) electrons. The van der Waals surface area contributed by atoms with Gasteiger partial charge in [-0.15, -0.1) is 0 Å². The van der Waals surface area contributed by atoms with Crippen LogP contribution in [0.25, 0.3) is 0 Å². The van der Waals surface area contributed by atoms with Gasteiger partial charge in [0.2, 0.25) is 0 Å². The van der Waals surface area contributed by atoms with E-state index in [4.69, 9.17) is 5.11 Å². The molecular weight excluding hydrogens is 226 g/mol. The molecule has 0 fully saturated rings. The molecule has 1 unspecified atom stereocenters. The van der Waals surface area contributed by atoms with Crippen LogP contribution >= 0.6 is 12.8 Å². The third kappa shape index (κ3) is 3.86. The molecule has 0 saturated heterocycles. The van der Waals surface area contributed by atoms with Gasteiger partial charge >= 0.3 is 5.97 Å². The number of nitrogens with zero attached hydrogens (tertiary/aromatic N) is 2. The number of thiol groups is 1. The molecule has 0 saturated carbocycles. The number of carboxylic acids is 1. The Morgan fingerprint density at radius 1 is 1.75 bits per heavy atom. The molecule has 1 aromatic rings. The quantitative estimate of drug-likeness (QED) is 0.632. The standard InChI is InChI=1S/C10H17N3O2S/c1-2-3-4-13(16)9(10(14)15)5-8-6-11-7-12-8/h6-7,9,16H,2-5H2,1H3,(H,11,12)(H,14,15). The van der Waals surface area contributed by atoms with E-state index in [0.717, 1.165) is 18.5 Å². The first kappa shape index (κ1) is 13.1. The van der Waals surface area contributed by atoms with Gasteiger partial charge in [0.05, 0.1) is 12.0 Å². The molecule has 0 amide bonds. The maximum absolute atomic E-state index is 11.1. The number of nitrogens with one attached hydrogen (secondary N) is 1. The van der Waals surface area contributed by atoms with E-state index in [2.05, 4.69) is 29.7 Å². The third-order valence-electron chi connectivity index (χ3n) is 2.34. The Hall–Kier alpha value is -1.01. The van der Waals surface area contributed by atoms with Crippen molar-refractivity contribution in [2.45, 2.75) is 32.2 Å². The number of H-pyrrole nitrogens is 1. The van der Waals surface area contributed by atoms with E-state index in [1.165, 1.54) is 0 Å². The fourth-order valence-corrected chi connectivity index (χ4v) is 1.72. The maximum Gasteiger partial charge on any atom is 0.322 e. The SMILES string of the molecule is CCCCN(S)C(Cc1c[nH]cn1)C(=O)O. The topological polar surface area (TPSA) is 69.2 Å². The summed E-state index contributed by atoms with van der Waals surface area (Å²) in [5, 5.41) is 9.11. The number of aliphatic carboxylic acids is 1. The average molecular weight is 243 g/mol. The molecule has 1 rings (SSSR count). The van der Waals surface area contributed by atoms with Crippen LogP contribution in [-0.2, 0) is 11.2 Å². The van der Waals surface area contributed by atoms with Gasteiger partial charge < -0.3 is 10.1 Å². The van der Waals surface area contributed by atoms with Gasteiger partial charge in [0.1, 0.15) is 6.04 Å². The maximum atomic E-state index is 11.1. The predicted molar refractivity (Wildman–Crippen MR) is 64.3 cm³/mol. The molecule has 16 heavy (non-hydrogen) atoms. The lowest BCUT2D eigenvalue weighted by molar-refractivity contribution is -0.141. The zero-order valence-electron chi connectivity index (χ0n) is 9.26. The summed E-state index contributed by atoms with van der Waals surface area (Å²) in [5.74, 6) is -0.867. The molecule has 0 aliphatic carbocycles. The third-order valence-corrected chi connectivity index (χ3v) is 2.82. The second-order valence-electron chi connectivity index (χ2n) is 3.64. The summed E-state index contributed by atoms with van der Waals surface area (Å²) in [5.41, 5.74) is 0.739. The molecule has 0 aliphatic heterocycles. The lowest BCUT2D eigenvalue weighted by Gasteiger charge is -2.22. The van der Waals surface area contributed by atoms with Gasteiger partial charge in [-0.2, -0.15) is 0 Å². The molecule has 1 aromatic heterocycles. The summed E-state index contributed by atoms with van der Waals surface area (Å²) in [7, 11) is 0. The average Bonchev–Trinajstić information content (AvgIpc) is 2.74. The van der Waals surface area contributed by atoms with Crippen molar-refractivity contribution in [3.8, 4) is 0 Å². The van der Waals surface area contributed by atoms with Gasteiger partial charge in [0.25, 0.3) is 0 Å². The number of hydrogen-bond acceptors (Lipinski definition) is 4. The van der Waals surface area contributed by atoms with Gasteiger partial charge in [0, 0.05) is 19.2 Å². The Morgan fingerprint density at radius 3 is 3.00 bits per heavy atom. The van der Waals surface area contributed by atoms with Crippen molar-refractivity contribution in [2.75, 3.05) is 6.54 Å². The van der Waals surface area contributed by atoms with Crippen molar-refractivity contribution < 1.29 is 9.90 Å². The second-order valence-corrected chi connectivity index (χ2v) is 4.15. The first-order chi connectivity index (χ1) is 7.65. The van der Waals surface area contributed by atoms with Gasteiger partial charge in [0.15, 0.2) is 0 Å². The van der Waals surface area contributed by atoms with Crippen LogP contribution in [0.4, 0.5) is 0 Å². The number of carboxylic acid groups (broad SMARTS) is 1. The van der Waals surface area contributed by atoms with E-state index >= 15 is 0 Å². The molecule has 6 heteroatoms. The van der Waals surface area contributed by atoms with E-state index < -0.39 is 12.0 Å². The molecule has 0 aromatic carbocycles. The van der Waals surface area contributed by atoms with Crippen LogP contribution in [0.5, 0.6) is 0 Å². The molecule has 2 N–H and O–H groups in total. The van der Waals surface area contributed by atoms with Crippen molar-refractivity contribution in [1.29, 1.82) is 0 Å². The van der Waals surface area contributed by atoms with Crippen LogP contribution in [0.1, 0.15) is 25.5 Å². The minimum absolute atomic E-state index is 0.367. The monoisotopic (exact) mass is 243 g/mol. The highest BCUT2D eigenvalue weighted by Gasteiger charge is 2.24. The van der Waals surface area contributed by atoms with E-state index in [1.807, 2.05) is 0 Å². The minimum atomic E-state index is -0.867. The van der Waals surface area contributed by atoms with E-state index in [9.17, 15) is 4.79 Å². The Kier molecular flexibility index (Phi) is 5.34. The van der Waals surface area contributed by atoms with Crippen LogP contribution in [0, 0.1) is 0 Å². The number of imidazole rings is 1. The summed E-state index contributed by atoms with van der Waals surface area (Å²) in [6.07, 6.45) is 5.58. The Labute approximate surface area is 100 Å². The van der Waals surface area contributed by atoms with Crippen LogP contribution in [-0.4, -0.2) is 37.9 Å². The zero-order chi connectivity index (χ0) is 12.0. The highest BCUT2D eigenvalue weighted by atomic mass is 32.1. The van der Waals surface area contributed by atoms with Gasteiger partial charge in [-0.05, 0) is 6.42 Å². The summed E-state index contributed by atoms with van der Waals surface area (Å²) in [6, 6.07) is -0.627. The van der Waals surface area contributed by atoms with Gasteiger partial charge in [-0.25, -0.2) is 9.29 Å². The zero-order valence-corrected chi connectivity index (χ0v) is 10.2. The van der Waals surface area contributed by atoms with Crippen molar-refractivity contribution in [3.63, 3.8) is 0 Å². The smallest absolute Gasteiger partial charge is 0.322 e. The number of hydrogen-bond donors (Lipinski definition) is 3. The Morgan fingerprint density at radius 2 is 2.50 bits per heavy atom. The number of aromatic amines is 1. The highest BCUT2D eigenvalue weighted by molar-refractivity contribution is 7.77. The molecule has 0 spiro atoms. The van der Waals surface area contributed by atoms with Crippen LogP contribution in [0.2, 0.25) is 0 Å². The second kappa shape index (κ2) is 6.55. The van der Waals surface area contributed by atoms with Crippen LogP contribution in [0.15, 0.2) is 12.5 Å². The van der Waals surface area contributed by atoms with Crippen LogP contribution in [0.3, 0.4) is 0 Å². The van der Waals surface area contributed by atoms with E-state index in [-0.39, 0.29) is 0 Å². The minimum Gasteiger partial charge on any atom is -0.480 e. The largest absolute Gasteiger partial charge is 0.480 e. The van der Waals surface area contributed by atoms with E-state index in [0.29, 0.717) is 13.0 Å². The van der Waals surface area contributed by atoms with Gasteiger partial charge in [-0.1, -0.05) is 26.2 Å². The Bertz CT molecular complexity index is 316. The molecule has 0 bridgehead atoms. The molecule has 0 aliphatic rings. The fourth-order valence-electron chi connectivity index (χ4n) is 1.40. The summed E-state index contributed by atoms with van der Waals surface area (Å²) in [6.45, 7) is 2.73. The highest BCUT2D eigenvalue weighted by Crippen LogP contribution is 2.10. The molecule has 1 atom stereocenters. The summed E-state index contributed by atoms with van der Waals surface area (Å²) >= 11 is 4.22. The molecule has 1 heterocycles. The first-order valence-corrected chi connectivity index (χ1v) is 5.71. The van der Waals surface area contributed by atoms with Crippen molar-refractivity contribution in [1.82, 2.24) is 14.3 Å². The summed E-state index contributed by atoms with van der Waals surface area (Å²) < 4.78 is 1.57. The van der Waals surface area contributed by atoms with Crippen molar-refractivity contribution >= 4 is 18.8 Å². The number of rotatable bonds is 7. The number of unbranched alkanes of at least 4 members (excludes halogenated alkanes) is 1. The van der Waals surface area contributed by atoms with E-state index in [1.54, 1.807) is 16.8 Å². The van der Waals surface area contributed by atoms with Crippen LogP contribution < -0.4 is 0 Å². The summed E-state index contributed by atoms with van der Waals surface area (Å²) in [4.78, 5) is 17.9. The lowest BCUT2D eigenvalue weighted by atomic mass is 10.1. The molecule has 90 valence electrons. The first-order valence-electron chi connectivity index (χ1n) is 5.31. The Balaban J connectivity index is 2.56. The number of aromatic nitrogens is 2. The lowest BCUT2D eigenvalue weighted by Crippen LogP contribution is -2.37. The molecule has 5 nitrogen and oxygen atoms in total. The van der Waals surface area contributed by atoms with Gasteiger partial charge in [-0.3, -0.25) is 4.79 Å². The fraction of sp³-hybridized carbons (Fsp3) is 0.600. The van der Waals surface area contributed by atoms with Crippen molar-refractivity contribution in [2.24, 2.45) is 0 Å². The number of carbonyl (C=O) groups is 1. The molecular formula is C10H17N3O2S. The van der Waals surface area contributed by atoms with Crippen molar-refractivity contribution in [3.05, 3.63) is 18.2 Å².